The number of benzene rings is 3. The summed E-state index contributed by atoms with van der Waals surface area (Å²) >= 11 is 0. The average molecular weight is 933 g/mol. The highest BCUT2D eigenvalue weighted by molar-refractivity contribution is 6.10. The van der Waals surface area contributed by atoms with E-state index in [9.17, 15) is 28.8 Å². The second-order valence-electron chi connectivity index (χ2n) is 16.0. The standard InChI is InChI=1S/C20H28N2O5.C16H16N2O3.C15H16N2O3/c1-5-25-18(26-6-2)13-15(21-4)19(23)22-16-11-9-8-10-14(16)12-17(22)20(24)27-7-3;1-3-21-16(20)13-9-11-6-4-5-10-7-8-12(17-2)15(19)18(13)14(10)11;1-2-20-15(19)12-8-10-5-3-4-9-6-7-11(16)14(18)17(12)13(9)10/h8-11,15,17-18H,4-7,12-13H2,1-3H3;4-8,12-13H,2-3,9H2,1H3;3-7,11-12H,2,8,16H2,1H3. The van der Waals surface area contributed by atoms with Crippen molar-refractivity contribution in [3.63, 3.8) is 0 Å². The van der Waals surface area contributed by atoms with Crippen LogP contribution in [-0.4, -0.2) is 125 Å². The first-order valence-electron chi connectivity index (χ1n) is 22.9. The SMILES string of the molecule is C=NC(CC(OCC)OCC)C(=O)N1c2ccccc2CC1C(=O)OCC.C=NC1C=Cc2cccc3c2N(C1=O)C(C(=O)OCC)C3.CCOC(=O)C1Cc2cccc3c2N1C(=O)C(N)C=C3. The first kappa shape index (κ1) is 50.6. The van der Waals surface area contributed by atoms with E-state index >= 15 is 0 Å². The van der Waals surface area contributed by atoms with Crippen LogP contribution in [-0.2, 0) is 71.7 Å². The fourth-order valence-corrected chi connectivity index (χ4v) is 8.95. The second kappa shape index (κ2) is 23.3. The summed E-state index contributed by atoms with van der Waals surface area (Å²) in [6.45, 7) is 17.8. The number of esters is 3. The van der Waals surface area contributed by atoms with Crippen LogP contribution in [0.5, 0.6) is 0 Å². The number of nitrogens with two attached hydrogens (primary N) is 1. The normalized spacial score (nSPS) is 20.6. The first-order chi connectivity index (χ1) is 32.9. The Balaban J connectivity index is 0.000000170. The van der Waals surface area contributed by atoms with Crippen molar-refractivity contribution in [3.8, 4) is 0 Å². The maximum Gasteiger partial charge on any atom is 0.329 e. The largest absolute Gasteiger partial charge is 0.464 e. The Labute approximate surface area is 396 Å². The van der Waals surface area contributed by atoms with Crippen molar-refractivity contribution in [2.75, 3.05) is 47.7 Å². The highest BCUT2D eigenvalue weighted by atomic mass is 16.7. The Morgan fingerprint density at radius 3 is 1.65 bits per heavy atom. The Morgan fingerprint density at radius 1 is 0.647 bits per heavy atom. The Kier molecular flexibility index (Phi) is 17.3. The molecular formula is C51H60N6O11. The number of carbonyl (C=O) groups excluding carboxylic acids is 6. The van der Waals surface area contributed by atoms with Gasteiger partial charge in [0.15, 0.2) is 6.29 Å². The monoisotopic (exact) mass is 932 g/mol. The summed E-state index contributed by atoms with van der Waals surface area (Å²) in [5.74, 6) is -1.98. The van der Waals surface area contributed by atoms with Gasteiger partial charge in [-0.1, -0.05) is 78.9 Å². The smallest absolute Gasteiger partial charge is 0.329 e. The van der Waals surface area contributed by atoms with Gasteiger partial charge < -0.3 is 29.4 Å². The molecule has 0 spiro atoms. The molecule has 3 amide bonds. The predicted molar refractivity (Wildman–Crippen MR) is 259 cm³/mol. The molecule has 0 bridgehead atoms. The molecule has 3 aromatic rings. The first-order valence-corrected chi connectivity index (χ1v) is 22.9. The maximum absolute atomic E-state index is 13.3. The minimum Gasteiger partial charge on any atom is -0.464 e. The minimum atomic E-state index is -0.781. The van der Waals surface area contributed by atoms with Crippen LogP contribution < -0.4 is 20.4 Å². The van der Waals surface area contributed by atoms with Crippen molar-refractivity contribution < 1.29 is 52.5 Å². The van der Waals surface area contributed by atoms with E-state index in [2.05, 4.69) is 23.4 Å². The lowest BCUT2D eigenvalue weighted by molar-refractivity contribution is -0.149. The van der Waals surface area contributed by atoms with E-state index in [4.69, 9.17) is 29.4 Å². The third kappa shape index (κ3) is 10.6. The van der Waals surface area contributed by atoms with Gasteiger partial charge in [0.25, 0.3) is 11.8 Å². The summed E-state index contributed by atoms with van der Waals surface area (Å²) in [6.07, 6.45) is 8.14. The Bertz CT molecular complexity index is 2450. The zero-order valence-electron chi connectivity index (χ0n) is 39.2. The van der Waals surface area contributed by atoms with Gasteiger partial charge in [-0.2, -0.15) is 0 Å². The van der Waals surface area contributed by atoms with Gasteiger partial charge in [0.2, 0.25) is 5.91 Å². The van der Waals surface area contributed by atoms with Gasteiger partial charge in [-0.15, -0.1) is 0 Å². The van der Waals surface area contributed by atoms with Crippen molar-refractivity contribution in [1.82, 2.24) is 0 Å². The molecule has 360 valence electrons. The molecule has 6 atom stereocenters. The van der Waals surface area contributed by atoms with Crippen LogP contribution in [0, 0.1) is 0 Å². The van der Waals surface area contributed by atoms with Crippen LogP contribution in [0.25, 0.3) is 12.2 Å². The Hall–Kier alpha value is -6.82. The number of carbonyl (C=O) groups is 6. The van der Waals surface area contributed by atoms with Crippen molar-refractivity contribution >= 4 is 78.3 Å². The fourth-order valence-electron chi connectivity index (χ4n) is 8.95. The minimum absolute atomic E-state index is 0.233. The number of ether oxygens (including phenoxy) is 5. The molecular weight excluding hydrogens is 873 g/mol. The number of fused-ring (bicyclic) bond motifs is 1. The van der Waals surface area contributed by atoms with Crippen LogP contribution >= 0.6 is 0 Å². The number of amides is 3. The molecule has 0 fully saturated rings. The number of aliphatic imine (C=N–C) groups is 2. The van der Waals surface area contributed by atoms with E-state index < -0.39 is 48.5 Å². The van der Waals surface area contributed by atoms with Crippen molar-refractivity contribution in [3.05, 3.63) is 101 Å². The molecule has 68 heavy (non-hydrogen) atoms. The molecule has 17 heteroatoms. The molecule has 0 saturated heterocycles. The zero-order chi connectivity index (χ0) is 49.1. The van der Waals surface area contributed by atoms with Crippen LogP contribution in [0.4, 0.5) is 17.1 Å². The number of anilines is 3. The number of hydrogen-bond acceptors (Lipinski definition) is 14. The summed E-state index contributed by atoms with van der Waals surface area (Å²) in [4.78, 5) is 87.5. The molecule has 8 rings (SSSR count). The van der Waals surface area contributed by atoms with Gasteiger partial charge in [0.05, 0.1) is 31.2 Å². The highest BCUT2D eigenvalue weighted by Gasteiger charge is 2.45. The number of hydrogen-bond donors (Lipinski definition) is 1. The third-order valence-corrected chi connectivity index (χ3v) is 11.9. The van der Waals surface area contributed by atoms with Crippen LogP contribution in [0.3, 0.4) is 0 Å². The van der Waals surface area contributed by atoms with Gasteiger partial charge in [-0.05, 0) is 81.9 Å². The van der Waals surface area contributed by atoms with Gasteiger partial charge in [0, 0.05) is 44.6 Å². The summed E-state index contributed by atoms with van der Waals surface area (Å²) in [7, 11) is 0. The molecule has 5 aliphatic heterocycles. The molecule has 3 aromatic carbocycles. The van der Waals surface area contributed by atoms with Gasteiger partial charge in [0.1, 0.15) is 36.3 Å². The van der Waals surface area contributed by atoms with E-state index in [0.29, 0.717) is 51.4 Å². The van der Waals surface area contributed by atoms with Gasteiger partial charge in [-0.3, -0.25) is 39.1 Å². The number of para-hydroxylation sites is 3. The summed E-state index contributed by atoms with van der Waals surface area (Å²) in [5, 5.41) is 0. The fraction of sp³-hybridized carbons (Fsp3) is 0.412. The third-order valence-electron chi connectivity index (χ3n) is 11.9. The van der Waals surface area contributed by atoms with Crippen LogP contribution in [0.15, 0.2) is 82.8 Å². The second-order valence-corrected chi connectivity index (χ2v) is 16.0. The topological polar surface area (TPSA) is 209 Å². The Morgan fingerprint density at radius 2 is 1.13 bits per heavy atom. The molecule has 5 heterocycles. The van der Waals surface area contributed by atoms with Crippen LogP contribution in [0.2, 0.25) is 0 Å². The molecule has 0 aliphatic carbocycles. The average Bonchev–Trinajstić information content (AvgIpc) is 4.01. The van der Waals surface area contributed by atoms with Gasteiger partial charge in [-0.25, -0.2) is 14.4 Å². The van der Waals surface area contributed by atoms with Crippen molar-refractivity contribution in [1.29, 1.82) is 0 Å². The van der Waals surface area contributed by atoms with E-state index in [-0.39, 0.29) is 42.7 Å². The summed E-state index contributed by atoms with van der Waals surface area (Å²) < 4.78 is 26.5. The molecule has 0 aromatic heterocycles. The van der Waals surface area contributed by atoms with Crippen molar-refractivity contribution in [2.45, 2.75) is 103 Å². The number of rotatable bonds is 15. The lowest BCUT2D eigenvalue weighted by Crippen LogP contribution is -2.49. The lowest BCUT2D eigenvalue weighted by atomic mass is 10.1. The molecule has 17 nitrogen and oxygen atoms in total. The van der Waals surface area contributed by atoms with E-state index in [1.165, 1.54) is 14.7 Å². The van der Waals surface area contributed by atoms with E-state index in [0.717, 1.165) is 39.2 Å². The van der Waals surface area contributed by atoms with Gasteiger partial charge >= 0.3 is 17.9 Å². The highest BCUT2D eigenvalue weighted by Crippen LogP contribution is 2.40. The number of nitrogens with zero attached hydrogens (tertiary/aromatic N) is 5. The summed E-state index contributed by atoms with van der Waals surface area (Å²) in [5.41, 5.74) is 12.9. The summed E-state index contributed by atoms with van der Waals surface area (Å²) in [6, 6.07) is 14.9. The van der Waals surface area contributed by atoms with Crippen LogP contribution in [0.1, 0.15) is 68.9 Å². The molecule has 0 saturated carbocycles. The zero-order valence-corrected chi connectivity index (χ0v) is 39.2. The van der Waals surface area contributed by atoms with Crippen molar-refractivity contribution in [2.24, 2.45) is 15.7 Å². The predicted octanol–water partition coefficient (Wildman–Crippen LogP) is 4.83. The quantitative estimate of drug-likeness (QED) is 0.0941. The molecule has 2 N–H and O–H groups in total. The lowest BCUT2D eigenvalue weighted by Gasteiger charge is -2.28. The molecule has 5 aliphatic rings. The maximum atomic E-state index is 13.3. The molecule has 6 unspecified atom stereocenters. The molecule has 0 radical (unpaired) electrons. The van der Waals surface area contributed by atoms with E-state index in [1.54, 1.807) is 32.9 Å². The van der Waals surface area contributed by atoms with E-state index in [1.807, 2.05) is 86.7 Å².